The van der Waals surface area contributed by atoms with Gasteiger partial charge in [-0.2, -0.15) is 0 Å². The topological polar surface area (TPSA) is 111 Å². The smallest absolute Gasteiger partial charge is 0.355 e. The van der Waals surface area contributed by atoms with Crippen LogP contribution in [0.4, 0.5) is 0 Å². The minimum Gasteiger partial charge on any atom is -0.469 e. The van der Waals surface area contributed by atoms with Crippen LogP contribution in [-0.4, -0.2) is 35.5 Å². The molecule has 0 aromatic carbocycles. The van der Waals surface area contributed by atoms with E-state index in [2.05, 4.69) is 4.98 Å². The molecule has 2 aliphatic rings. The lowest BCUT2D eigenvalue weighted by Crippen LogP contribution is -2.38. The minimum absolute atomic E-state index is 0.168. The highest BCUT2D eigenvalue weighted by Crippen LogP contribution is 2.60. The van der Waals surface area contributed by atoms with E-state index in [1.807, 2.05) is 0 Å². The largest absolute Gasteiger partial charge is 0.469 e. The zero-order chi connectivity index (χ0) is 17.8. The first-order chi connectivity index (χ1) is 11.2. The summed E-state index contributed by atoms with van der Waals surface area (Å²) < 4.78 is 10.3. The zero-order valence-corrected chi connectivity index (χ0v) is 14.2. The average molecular weight is 334 g/mol. The maximum Gasteiger partial charge on any atom is 0.355 e. The van der Waals surface area contributed by atoms with Crippen molar-refractivity contribution >= 4 is 17.8 Å². The maximum atomic E-state index is 12.5. The van der Waals surface area contributed by atoms with Crippen molar-refractivity contribution in [3.63, 3.8) is 0 Å². The summed E-state index contributed by atoms with van der Waals surface area (Å²) in [6.45, 7) is 5.38. The van der Waals surface area contributed by atoms with Gasteiger partial charge in [-0.15, -0.1) is 0 Å². The Hall–Kier alpha value is -2.31. The Bertz CT molecular complexity index is 715. The molecule has 1 fully saturated rings. The van der Waals surface area contributed by atoms with E-state index in [-0.39, 0.29) is 11.8 Å². The van der Waals surface area contributed by atoms with E-state index in [1.165, 1.54) is 7.11 Å². The number of hydrogen-bond acceptors (Lipinski definition) is 5. The van der Waals surface area contributed by atoms with Gasteiger partial charge in [0.25, 0.3) is 0 Å². The minimum atomic E-state index is -0.651. The molecule has 0 aliphatic heterocycles. The summed E-state index contributed by atoms with van der Waals surface area (Å²) in [5.74, 6) is -3.12. The van der Waals surface area contributed by atoms with E-state index >= 15 is 0 Å². The van der Waals surface area contributed by atoms with Gasteiger partial charge in [-0.1, -0.05) is 0 Å². The van der Waals surface area contributed by atoms with Crippen molar-refractivity contribution in [2.24, 2.45) is 17.6 Å². The van der Waals surface area contributed by atoms with Crippen LogP contribution in [0.1, 0.15) is 60.6 Å². The van der Waals surface area contributed by atoms with E-state index < -0.39 is 35.3 Å². The first kappa shape index (κ1) is 16.5. The summed E-state index contributed by atoms with van der Waals surface area (Å²) in [5, 5.41) is 0. The number of aromatic amines is 1. The number of methoxy groups -OCH3 is 1. The molecule has 4 atom stereocenters. The molecule has 1 amide bonds. The number of nitrogens with one attached hydrogen (secondary N) is 1. The Labute approximate surface area is 139 Å². The Morgan fingerprint density at radius 1 is 1.21 bits per heavy atom. The number of rotatable bonds is 3. The van der Waals surface area contributed by atoms with E-state index in [1.54, 1.807) is 27.0 Å². The van der Waals surface area contributed by atoms with Crippen LogP contribution in [0.15, 0.2) is 6.20 Å². The molecule has 1 heterocycles. The number of aromatic nitrogens is 1. The van der Waals surface area contributed by atoms with Gasteiger partial charge in [0, 0.05) is 12.1 Å². The predicted octanol–water partition coefficient (Wildman–Crippen LogP) is 1.45. The molecule has 7 heteroatoms. The fourth-order valence-corrected chi connectivity index (χ4v) is 4.16. The van der Waals surface area contributed by atoms with Crippen molar-refractivity contribution in [1.82, 2.24) is 4.98 Å². The second-order valence-electron chi connectivity index (χ2n) is 7.46. The number of ether oxygens (including phenoxy) is 2. The molecule has 0 saturated heterocycles. The molecule has 2 bridgehead atoms. The Morgan fingerprint density at radius 2 is 1.88 bits per heavy atom. The third kappa shape index (κ3) is 2.39. The molecule has 7 nitrogen and oxygen atoms in total. The van der Waals surface area contributed by atoms with Crippen LogP contribution in [0.2, 0.25) is 0 Å². The van der Waals surface area contributed by atoms with Crippen molar-refractivity contribution in [3.8, 4) is 0 Å². The van der Waals surface area contributed by atoms with Crippen LogP contribution in [0, 0.1) is 11.8 Å². The summed E-state index contributed by atoms with van der Waals surface area (Å²) >= 11 is 0. The SMILES string of the molecule is COC(=O)[C@@H]1[C@@H](C(N)=O)[C@H]2C[C@@H]1c1c2c[nH]c1C(=O)OC(C)(C)C. The van der Waals surface area contributed by atoms with Gasteiger partial charge in [0.05, 0.1) is 18.9 Å². The van der Waals surface area contributed by atoms with E-state index in [4.69, 9.17) is 15.2 Å². The number of primary amides is 1. The van der Waals surface area contributed by atoms with Crippen LogP contribution < -0.4 is 5.73 Å². The van der Waals surface area contributed by atoms with Gasteiger partial charge < -0.3 is 20.2 Å². The molecule has 0 unspecified atom stereocenters. The number of hydrogen-bond donors (Lipinski definition) is 2. The number of esters is 2. The highest BCUT2D eigenvalue weighted by atomic mass is 16.6. The van der Waals surface area contributed by atoms with Crippen LogP contribution in [0.3, 0.4) is 0 Å². The fourth-order valence-electron chi connectivity index (χ4n) is 4.16. The van der Waals surface area contributed by atoms with Crippen molar-refractivity contribution in [2.75, 3.05) is 7.11 Å². The molecule has 1 aromatic heterocycles. The third-order valence-electron chi connectivity index (χ3n) is 4.89. The lowest BCUT2D eigenvalue weighted by atomic mass is 9.76. The van der Waals surface area contributed by atoms with Gasteiger partial charge in [-0.05, 0) is 44.2 Å². The Balaban J connectivity index is 2.01. The summed E-state index contributed by atoms with van der Waals surface area (Å²) in [7, 11) is 1.29. The molecule has 24 heavy (non-hydrogen) atoms. The molecule has 3 rings (SSSR count). The standard InChI is InChI=1S/C17H22N2O5/c1-17(2,3)24-16(22)13-10-8-5-7(9(10)6-19-13)11(14(18)20)12(8)15(21)23-4/h6-8,11-12,19H,5H2,1-4H3,(H2,18,20)/t7-,8+,11-,12-/m0/s1. The van der Waals surface area contributed by atoms with E-state index in [0.29, 0.717) is 12.1 Å². The number of carbonyl (C=O) groups is 3. The number of amides is 1. The first-order valence-electron chi connectivity index (χ1n) is 7.97. The highest BCUT2D eigenvalue weighted by Gasteiger charge is 2.58. The summed E-state index contributed by atoms with van der Waals surface area (Å²) in [6, 6.07) is 0. The summed E-state index contributed by atoms with van der Waals surface area (Å²) in [4.78, 5) is 39.5. The van der Waals surface area contributed by atoms with Crippen LogP contribution in [0.25, 0.3) is 0 Å². The second kappa shape index (κ2) is 5.36. The highest BCUT2D eigenvalue weighted by molar-refractivity contribution is 5.93. The molecule has 1 aromatic rings. The van der Waals surface area contributed by atoms with E-state index in [9.17, 15) is 14.4 Å². The van der Waals surface area contributed by atoms with Crippen molar-refractivity contribution < 1.29 is 23.9 Å². The lowest BCUT2D eigenvalue weighted by Gasteiger charge is -2.27. The third-order valence-corrected chi connectivity index (χ3v) is 4.89. The summed E-state index contributed by atoms with van der Waals surface area (Å²) in [6.07, 6.45) is 2.34. The Morgan fingerprint density at radius 3 is 2.42 bits per heavy atom. The monoisotopic (exact) mass is 334 g/mol. The number of fused-ring (bicyclic) bond motifs is 5. The van der Waals surface area contributed by atoms with Crippen LogP contribution in [-0.2, 0) is 19.1 Å². The van der Waals surface area contributed by atoms with Crippen molar-refractivity contribution in [3.05, 3.63) is 23.0 Å². The Kier molecular flexibility index (Phi) is 3.69. The normalized spacial score (nSPS) is 27.7. The predicted molar refractivity (Wildman–Crippen MR) is 84.3 cm³/mol. The summed E-state index contributed by atoms with van der Waals surface area (Å²) in [5.41, 5.74) is 6.90. The molecule has 0 radical (unpaired) electrons. The van der Waals surface area contributed by atoms with Gasteiger partial charge in [0.15, 0.2) is 0 Å². The van der Waals surface area contributed by atoms with Gasteiger partial charge in [0.2, 0.25) is 5.91 Å². The molecule has 3 N–H and O–H groups in total. The number of carbonyl (C=O) groups excluding carboxylic acids is 3. The fraction of sp³-hybridized carbons (Fsp3) is 0.588. The molecular formula is C17H22N2O5. The number of nitrogens with two attached hydrogens (primary N) is 1. The van der Waals surface area contributed by atoms with Gasteiger partial charge >= 0.3 is 11.9 Å². The average Bonchev–Trinajstić information content (AvgIpc) is 3.13. The zero-order valence-electron chi connectivity index (χ0n) is 14.2. The van der Waals surface area contributed by atoms with Crippen LogP contribution in [0.5, 0.6) is 0 Å². The molecule has 0 spiro atoms. The quantitative estimate of drug-likeness (QED) is 0.813. The lowest BCUT2D eigenvalue weighted by molar-refractivity contribution is -0.149. The molecule has 1 saturated carbocycles. The number of H-pyrrole nitrogens is 1. The molecule has 2 aliphatic carbocycles. The van der Waals surface area contributed by atoms with Gasteiger partial charge in [-0.3, -0.25) is 9.59 Å². The second-order valence-corrected chi connectivity index (χ2v) is 7.46. The first-order valence-corrected chi connectivity index (χ1v) is 7.97. The molecule has 130 valence electrons. The van der Waals surface area contributed by atoms with E-state index in [0.717, 1.165) is 11.1 Å². The van der Waals surface area contributed by atoms with Crippen LogP contribution >= 0.6 is 0 Å². The molecular weight excluding hydrogens is 312 g/mol. The van der Waals surface area contributed by atoms with Crippen molar-refractivity contribution in [1.29, 1.82) is 0 Å². The van der Waals surface area contributed by atoms with Gasteiger partial charge in [0.1, 0.15) is 11.3 Å². The van der Waals surface area contributed by atoms with Gasteiger partial charge in [-0.25, -0.2) is 4.79 Å². The van der Waals surface area contributed by atoms with Crippen molar-refractivity contribution in [2.45, 2.75) is 44.6 Å². The maximum absolute atomic E-state index is 12.5.